The lowest BCUT2D eigenvalue weighted by Crippen LogP contribution is -2.36. The predicted molar refractivity (Wildman–Crippen MR) is 116 cm³/mol. The van der Waals surface area contributed by atoms with E-state index in [0.717, 1.165) is 17.0 Å². The number of hydrogen-bond acceptors (Lipinski definition) is 3. The molecule has 3 amide bonds. The maximum atomic E-state index is 14.9. The van der Waals surface area contributed by atoms with Gasteiger partial charge in [0.05, 0.1) is 16.9 Å². The van der Waals surface area contributed by atoms with Gasteiger partial charge < -0.3 is 11.1 Å². The van der Waals surface area contributed by atoms with E-state index in [4.69, 9.17) is 5.73 Å². The van der Waals surface area contributed by atoms with Gasteiger partial charge in [0, 0.05) is 24.2 Å². The summed E-state index contributed by atoms with van der Waals surface area (Å²) in [4.78, 5) is 29.9. The Morgan fingerprint density at radius 3 is 2.44 bits per heavy atom. The van der Waals surface area contributed by atoms with Crippen LogP contribution in [0.2, 0.25) is 0 Å². The van der Waals surface area contributed by atoms with E-state index in [0.29, 0.717) is 11.6 Å². The highest BCUT2D eigenvalue weighted by Gasteiger charge is 2.26. The van der Waals surface area contributed by atoms with E-state index in [1.54, 1.807) is 25.1 Å². The first-order chi connectivity index (χ1) is 15.3. The molecule has 164 valence electrons. The molecule has 2 aromatic carbocycles. The van der Waals surface area contributed by atoms with Crippen LogP contribution in [-0.2, 0) is 0 Å². The summed E-state index contributed by atoms with van der Waals surface area (Å²) < 4.78 is 42.8. The highest BCUT2D eigenvalue weighted by molar-refractivity contribution is 6.03. The molecule has 0 aliphatic rings. The minimum absolute atomic E-state index is 0.102. The molecule has 0 radical (unpaired) electrons. The largest absolute Gasteiger partial charge is 0.366 e. The number of primary amides is 1. The standard InChI is InChI=1S/C23H19F3N4O2/c1-3-5-13-6-4-7-17(25)21(13)30(23(32)28-2)19-11-10-16(22(27)31)20(29-19)15-9-8-14(24)12-18(15)26/h3-12H,1-2H3,(H2,27,31)(H,28,32)/b5-3+. The second-order valence-corrected chi connectivity index (χ2v) is 6.62. The second kappa shape index (κ2) is 9.34. The number of nitrogens with zero attached hydrogens (tertiary/aromatic N) is 2. The van der Waals surface area contributed by atoms with Crippen LogP contribution in [0, 0.1) is 17.5 Å². The third-order valence-corrected chi connectivity index (χ3v) is 4.57. The van der Waals surface area contributed by atoms with Crippen LogP contribution in [0.15, 0.2) is 54.6 Å². The van der Waals surface area contributed by atoms with Crippen molar-refractivity contribution in [2.24, 2.45) is 5.73 Å². The summed E-state index contributed by atoms with van der Waals surface area (Å²) in [6.45, 7) is 1.73. The number of allylic oxidation sites excluding steroid dienone is 1. The highest BCUT2D eigenvalue weighted by atomic mass is 19.1. The van der Waals surface area contributed by atoms with E-state index in [1.165, 1.54) is 31.3 Å². The molecule has 0 spiro atoms. The molecule has 0 aliphatic carbocycles. The Morgan fingerprint density at radius 1 is 1.06 bits per heavy atom. The molecule has 1 heterocycles. The van der Waals surface area contributed by atoms with Gasteiger partial charge in [-0.15, -0.1) is 0 Å². The molecular weight excluding hydrogens is 421 g/mol. The van der Waals surface area contributed by atoms with E-state index in [-0.39, 0.29) is 28.3 Å². The number of carbonyl (C=O) groups is 2. The summed E-state index contributed by atoms with van der Waals surface area (Å²) in [5.74, 6) is -3.53. The number of benzene rings is 2. The Morgan fingerprint density at radius 2 is 1.81 bits per heavy atom. The molecule has 1 aromatic heterocycles. The van der Waals surface area contributed by atoms with Gasteiger partial charge in [-0.05, 0) is 37.3 Å². The predicted octanol–water partition coefficient (Wildman–Crippen LogP) is 4.78. The summed E-state index contributed by atoms with van der Waals surface area (Å²) >= 11 is 0. The van der Waals surface area contributed by atoms with Crippen molar-refractivity contribution in [1.82, 2.24) is 10.3 Å². The second-order valence-electron chi connectivity index (χ2n) is 6.62. The molecule has 0 aliphatic heterocycles. The number of para-hydroxylation sites is 1. The fourth-order valence-corrected chi connectivity index (χ4v) is 3.17. The molecule has 3 aromatic rings. The lowest BCUT2D eigenvalue weighted by atomic mass is 10.0. The highest BCUT2D eigenvalue weighted by Crippen LogP contribution is 2.34. The Labute approximate surface area is 182 Å². The Balaban J connectivity index is 2.31. The third kappa shape index (κ3) is 4.31. The molecule has 0 atom stereocenters. The van der Waals surface area contributed by atoms with Gasteiger partial charge in [-0.25, -0.2) is 27.8 Å². The van der Waals surface area contributed by atoms with Crippen molar-refractivity contribution in [2.45, 2.75) is 6.92 Å². The summed E-state index contributed by atoms with van der Waals surface area (Å²) in [7, 11) is 1.35. The first kappa shape index (κ1) is 22.5. The Bertz CT molecular complexity index is 1230. The lowest BCUT2D eigenvalue weighted by Gasteiger charge is -2.24. The SMILES string of the molecule is C/C=C/c1cccc(F)c1N(C(=O)NC)c1ccc(C(N)=O)c(-c2ccc(F)cc2F)n1. The van der Waals surface area contributed by atoms with Gasteiger partial charge in [-0.1, -0.05) is 24.3 Å². The molecule has 0 fully saturated rings. The molecular formula is C23H19F3N4O2. The monoisotopic (exact) mass is 440 g/mol. The number of urea groups is 1. The quantitative estimate of drug-likeness (QED) is 0.599. The number of amides is 3. The van der Waals surface area contributed by atoms with E-state index >= 15 is 0 Å². The lowest BCUT2D eigenvalue weighted by molar-refractivity contribution is 0.100. The Kier molecular flexibility index (Phi) is 6.58. The maximum absolute atomic E-state index is 14.9. The van der Waals surface area contributed by atoms with Crippen molar-refractivity contribution in [3.8, 4) is 11.3 Å². The smallest absolute Gasteiger partial charge is 0.327 e. The average Bonchev–Trinajstić information content (AvgIpc) is 2.75. The van der Waals surface area contributed by atoms with Crippen molar-refractivity contribution < 1.29 is 22.8 Å². The van der Waals surface area contributed by atoms with Crippen LogP contribution in [0.25, 0.3) is 17.3 Å². The molecule has 6 nitrogen and oxygen atoms in total. The summed E-state index contributed by atoms with van der Waals surface area (Å²) in [5, 5.41) is 2.41. The molecule has 0 saturated carbocycles. The van der Waals surface area contributed by atoms with Crippen molar-refractivity contribution >= 4 is 29.5 Å². The Hall–Kier alpha value is -4.14. The zero-order valence-electron chi connectivity index (χ0n) is 17.2. The number of halogens is 3. The number of anilines is 2. The number of nitrogens with one attached hydrogen (secondary N) is 1. The molecule has 0 unspecified atom stereocenters. The van der Waals surface area contributed by atoms with Gasteiger partial charge in [0.1, 0.15) is 23.3 Å². The van der Waals surface area contributed by atoms with Crippen LogP contribution in [0.4, 0.5) is 29.5 Å². The van der Waals surface area contributed by atoms with Crippen LogP contribution < -0.4 is 16.0 Å². The zero-order valence-corrected chi connectivity index (χ0v) is 17.2. The number of pyridine rings is 1. The number of rotatable bonds is 5. The van der Waals surface area contributed by atoms with Crippen molar-refractivity contribution in [3.63, 3.8) is 0 Å². The van der Waals surface area contributed by atoms with Crippen LogP contribution >= 0.6 is 0 Å². The zero-order chi connectivity index (χ0) is 23.4. The number of nitrogens with two attached hydrogens (primary N) is 1. The van der Waals surface area contributed by atoms with Gasteiger partial charge in [-0.3, -0.25) is 4.79 Å². The minimum atomic E-state index is -0.982. The van der Waals surface area contributed by atoms with E-state index in [9.17, 15) is 22.8 Å². The van der Waals surface area contributed by atoms with Crippen LogP contribution in [0.1, 0.15) is 22.8 Å². The number of hydrogen-bond donors (Lipinski definition) is 2. The molecule has 3 rings (SSSR count). The van der Waals surface area contributed by atoms with Crippen LogP contribution in [0.5, 0.6) is 0 Å². The van der Waals surface area contributed by atoms with Crippen molar-refractivity contribution in [3.05, 3.63) is 83.2 Å². The molecule has 9 heteroatoms. The van der Waals surface area contributed by atoms with Crippen LogP contribution in [0.3, 0.4) is 0 Å². The fourth-order valence-electron chi connectivity index (χ4n) is 3.17. The minimum Gasteiger partial charge on any atom is -0.366 e. The van der Waals surface area contributed by atoms with E-state index < -0.39 is 29.4 Å². The summed E-state index contributed by atoms with van der Waals surface area (Å²) in [5.41, 5.74) is 5.11. The number of carbonyl (C=O) groups excluding carboxylic acids is 2. The first-order valence-corrected chi connectivity index (χ1v) is 9.47. The normalized spacial score (nSPS) is 10.9. The van der Waals surface area contributed by atoms with Crippen molar-refractivity contribution in [1.29, 1.82) is 0 Å². The van der Waals surface area contributed by atoms with E-state index in [2.05, 4.69) is 10.3 Å². The molecule has 0 saturated heterocycles. The van der Waals surface area contributed by atoms with Gasteiger partial charge in [0.25, 0.3) is 5.91 Å². The molecule has 3 N–H and O–H groups in total. The fraction of sp³-hybridized carbons (Fsp3) is 0.0870. The van der Waals surface area contributed by atoms with Gasteiger partial charge in [-0.2, -0.15) is 0 Å². The molecule has 0 bridgehead atoms. The van der Waals surface area contributed by atoms with Crippen molar-refractivity contribution in [2.75, 3.05) is 11.9 Å². The first-order valence-electron chi connectivity index (χ1n) is 9.47. The summed E-state index contributed by atoms with van der Waals surface area (Å²) in [6, 6.07) is 8.79. The maximum Gasteiger partial charge on any atom is 0.327 e. The average molecular weight is 440 g/mol. The number of aromatic nitrogens is 1. The summed E-state index contributed by atoms with van der Waals surface area (Å²) in [6.07, 6.45) is 3.27. The van der Waals surface area contributed by atoms with Crippen LogP contribution in [-0.4, -0.2) is 24.0 Å². The van der Waals surface area contributed by atoms with Gasteiger partial charge in [0.2, 0.25) is 0 Å². The van der Waals surface area contributed by atoms with Gasteiger partial charge >= 0.3 is 6.03 Å². The third-order valence-electron chi connectivity index (χ3n) is 4.57. The van der Waals surface area contributed by atoms with Gasteiger partial charge in [0.15, 0.2) is 0 Å². The topological polar surface area (TPSA) is 88.3 Å². The van der Waals surface area contributed by atoms with E-state index in [1.807, 2.05) is 0 Å². The molecule has 32 heavy (non-hydrogen) atoms.